The van der Waals surface area contributed by atoms with Crippen molar-refractivity contribution in [3.8, 4) is 0 Å². The Morgan fingerprint density at radius 3 is 3.00 bits per heavy atom. The number of piperazine rings is 1. The molecule has 4 nitrogen and oxygen atoms in total. The molecule has 2 heterocycles. The van der Waals surface area contributed by atoms with E-state index in [9.17, 15) is 0 Å². The Morgan fingerprint density at radius 1 is 1.40 bits per heavy atom. The molecule has 1 aliphatic carbocycles. The van der Waals surface area contributed by atoms with Gasteiger partial charge in [0.1, 0.15) is 0 Å². The van der Waals surface area contributed by atoms with Crippen LogP contribution < -0.4 is 11.1 Å². The number of aryl methyl sites for hydroxylation is 1. The van der Waals surface area contributed by atoms with Crippen LogP contribution in [0.25, 0.3) is 0 Å². The zero-order chi connectivity index (χ0) is 10.3. The first kappa shape index (κ1) is 9.57. The summed E-state index contributed by atoms with van der Waals surface area (Å²) in [7, 11) is 0. The third kappa shape index (κ3) is 1.64. The van der Waals surface area contributed by atoms with Crippen LogP contribution in [-0.4, -0.2) is 36.1 Å². The monoisotopic (exact) mass is 224 g/mol. The van der Waals surface area contributed by atoms with Crippen molar-refractivity contribution in [1.29, 1.82) is 0 Å². The molecular weight excluding hydrogens is 208 g/mol. The molecule has 1 aliphatic heterocycles. The molecule has 1 saturated heterocycles. The number of nitrogen functional groups attached to an aromatic ring is 1. The number of aromatic nitrogens is 1. The fourth-order valence-corrected chi connectivity index (χ4v) is 3.62. The molecule has 0 bridgehead atoms. The van der Waals surface area contributed by atoms with Gasteiger partial charge in [0, 0.05) is 37.1 Å². The molecule has 2 aliphatic rings. The molecule has 82 valence electrons. The Hall–Kier alpha value is -0.650. The van der Waals surface area contributed by atoms with E-state index < -0.39 is 0 Å². The molecule has 1 aromatic rings. The Labute approximate surface area is 93.5 Å². The Kier molecular flexibility index (Phi) is 2.38. The maximum absolute atomic E-state index is 5.76. The summed E-state index contributed by atoms with van der Waals surface area (Å²) in [6.45, 7) is 4.53. The van der Waals surface area contributed by atoms with Gasteiger partial charge in [-0.2, -0.15) is 0 Å². The first-order valence-corrected chi connectivity index (χ1v) is 6.36. The van der Waals surface area contributed by atoms with E-state index in [2.05, 4.69) is 15.2 Å². The number of nitrogens with two attached hydrogens (primary N) is 1. The summed E-state index contributed by atoms with van der Waals surface area (Å²) in [6.07, 6.45) is 2.34. The molecule has 1 atom stereocenters. The van der Waals surface area contributed by atoms with Crippen LogP contribution in [0.15, 0.2) is 0 Å². The van der Waals surface area contributed by atoms with E-state index in [4.69, 9.17) is 5.73 Å². The van der Waals surface area contributed by atoms with Crippen molar-refractivity contribution in [1.82, 2.24) is 15.2 Å². The zero-order valence-corrected chi connectivity index (χ0v) is 9.52. The lowest BCUT2D eigenvalue weighted by atomic mass is 10.2. The van der Waals surface area contributed by atoms with Crippen LogP contribution in [0.2, 0.25) is 0 Å². The van der Waals surface area contributed by atoms with E-state index in [1.807, 2.05) is 0 Å². The summed E-state index contributed by atoms with van der Waals surface area (Å²) in [5, 5.41) is 4.12. The lowest BCUT2D eigenvalue weighted by molar-refractivity contribution is 0.175. The van der Waals surface area contributed by atoms with Crippen LogP contribution in [0.4, 0.5) is 5.13 Å². The molecule has 5 heteroatoms. The number of thiazole rings is 1. The summed E-state index contributed by atoms with van der Waals surface area (Å²) in [5.74, 6) is 0. The highest BCUT2D eigenvalue weighted by molar-refractivity contribution is 7.15. The first-order chi connectivity index (χ1) is 7.34. The molecule has 0 radical (unpaired) electrons. The van der Waals surface area contributed by atoms with Crippen molar-refractivity contribution in [3.63, 3.8) is 0 Å². The zero-order valence-electron chi connectivity index (χ0n) is 8.70. The fraction of sp³-hybridized carbons (Fsp3) is 0.700. The predicted molar refractivity (Wildman–Crippen MR) is 62.0 cm³/mol. The van der Waals surface area contributed by atoms with Crippen LogP contribution in [0.5, 0.6) is 0 Å². The smallest absolute Gasteiger partial charge is 0.180 e. The summed E-state index contributed by atoms with van der Waals surface area (Å²) in [4.78, 5) is 8.39. The minimum absolute atomic E-state index is 0.594. The van der Waals surface area contributed by atoms with E-state index in [0.717, 1.165) is 37.7 Å². The topological polar surface area (TPSA) is 54.2 Å². The molecule has 1 unspecified atom stereocenters. The van der Waals surface area contributed by atoms with E-state index in [-0.39, 0.29) is 0 Å². The average Bonchev–Trinajstić information content (AvgIpc) is 2.77. The molecule has 0 amide bonds. The molecule has 1 aromatic heterocycles. The van der Waals surface area contributed by atoms with Crippen molar-refractivity contribution >= 4 is 16.5 Å². The van der Waals surface area contributed by atoms with Gasteiger partial charge in [-0.3, -0.25) is 4.90 Å². The number of rotatable bonds is 1. The highest BCUT2D eigenvalue weighted by Gasteiger charge is 2.31. The van der Waals surface area contributed by atoms with E-state index >= 15 is 0 Å². The van der Waals surface area contributed by atoms with E-state index in [1.54, 1.807) is 11.3 Å². The van der Waals surface area contributed by atoms with Crippen molar-refractivity contribution in [2.24, 2.45) is 0 Å². The van der Waals surface area contributed by atoms with Gasteiger partial charge in [-0.25, -0.2) is 4.98 Å². The van der Waals surface area contributed by atoms with Crippen molar-refractivity contribution in [2.45, 2.75) is 18.9 Å². The van der Waals surface area contributed by atoms with Gasteiger partial charge < -0.3 is 11.1 Å². The van der Waals surface area contributed by atoms with Gasteiger partial charge in [-0.15, -0.1) is 11.3 Å². The Balaban J connectivity index is 1.82. The van der Waals surface area contributed by atoms with Crippen LogP contribution in [0, 0.1) is 0 Å². The van der Waals surface area contributed by atoms with Crippen LogP contribution in [-0.2, 0) is 6.42 Å². The largest absolute Gasteiger partial charge is 0.375 e. The third-order valence-electron chi connectivity index (χ3n) is 3.29. The van der Waals surface area contributed by atoms with Crippen molar-refractivity contribution in [3.05, 3.63) is 10.6 Å². The van der Waals surface area contributed by atoms with Crippen molar-refractivity contribution in [2.75, 3.05) is 31.9 Å². The van der Waals surface area contributed by atoms with E-state index in [0.29, 0.717) is 6.04 Å². The first-order valence-electron chi connectivity index (χ1n) is 5.54. The molecule has 0 aromatic carbocycles. The SMILES string of the molecule is Nc1nc2c(s1)C(N1CCNCC1)CC2. The third-order valence-corrected chi connectivity index (χ3v) is 4.32. The molecule has 3 rings (SSSR count). The minimum Gasteiger partial charge on any atom is -0.375 e. The number of hydrogen-bond acceptors (Lipinski definition) is 5. The Bertz CT molecular complexity index is 356. The predicted octanol–water partition coefficient (Wildman–Crippen LogP) is 0.618. The lowest BCUT2D eigenvalue weighted by Crippen LogP contribution is -2.44. The summed E-state index contributed by atoms with van der Waals surface area (Å²) < 4.78 is 0. The molecule has 0 saturated carbocycles. The van der Waals surface area contributed by atoms with Gasteiger partial charge in [0.15, 0.2) is 5.13 Å². The number of nitrogens with one attached hydrogen (secondary N) is 1. The van der Waals surface area contributed by atoms with Crippen LogP contribution >= 0.6 is 11.3 Å². The average molecular weight is 224 g/mol. The molecular formula is C10H16N4S. The number of hydrogen-bond donors (Lipinski definition) is 2. The standard InChI is InChI=1S/C10H16N4S/c11-10-13-7-1-2-8(9(7)15-10)14-5-3-12-4-6-14/h8,12H,1-6H2,(H2,11,13). The van der Waals surface area contributed by atoms with Gasteiger partial charge in [-0.05, 0) is 12.8 Å². The van der Waals surface area contributed by atoms with E-state index in [1.165, 1.54) is 17.0 Å². The second-order valence-corrected chi connectivity index (χ2v) is 5.27. The van der Waals surface area contributed by atoms with Gasteiger partial charge in [0.05, 0.1) is 5.69 Å². The lowest BCUT2D eigenvalue weighted by Gasteiger charge is -2.32. The number of fused-ring (bicyclic) bond motifs is 1. The molecule has 15 heavy (non-hydrogen) atoms. The quantitative estimate of drug-likeness (QED) is 0.734. The molecule has 0 spiro atoms. The Morgan fingerprint density at radius 2 is 2.20 bits per heavy atom. The minimum atomic E-state index is 0.594. The normalized spacial score (nSPS) is 26.8. The van der Waals surface area contributed by atoms with Gasteiger partial charge in [-0.1, -0.05) is 0 Å². The van der Waals surface area contributed by atoms with Crippen LogP contribution in [0.1, 0.15) is 23.0 Å². The van der Waals surface area contributed by atoms with Gasteiger partial charge in [0.25, 0.3) is 0 Å². The highest BCUT2D eigenvalue weighted by Crippen LogP contribution is 2.40. The number of anilines is 1. The summed E-state index contributed by atoms with van der Waals surface area (Å²) in [5.41, 5.74) is 7.01. The van der Waals surface area contributed by atoms with Gasteiger partial charge >= 0.3 is 0 Å². The second-order valence-electron chi connectivity index (χ2n) is 4.20. The second kappa shape index (κ2) is 3.73. The number of nitrogens with zero attached hydrogens (tertiary/aromatic N) is 2. The summed E-state index contributed by atoms with van der Waals surface area (Å²) >= 11 is 1.68. The van der Waals surface area contributed by atoms with Gasteiger partial charge in [0.2, 0.25) is 0 Å². The molecule has 3 N–H and O–H groups in total. The summed E-state index contributed by atoms with van der Waals surface area (Å²) in [6, 6.07) is 0.594. The maximum Gasteiger partial charge on any atom is 0.180 e. The fourth-order valence-electron chi connectivity index (χ4n) is 2.57. The molecule has 1 fully saturated rings. The highest BCUT2D eigenvalue weighted by atomic mass is 32.1. The van der Waals surface area contributed by atoms with Crippen molar-refractivity contribution < 1.29 is 0 Å². The van der Waals surface area contributed by atoms with Crippen LogP contribution in [0.3, 0.4) is 0 Å². The maximum atomic E-state index is 5.76.